The number of rotatable bonds is 4. The summed E-state index contributed by atoms with van der Waals surface area (Å²) in [6, 6.07) is 13.7. The van der Waals surface area contributed by atoms with Crippen molar-refractivity contribution in [2.24, 2.45) is 0 Å². The van der Waals surface area contributed by atoms with Crippen LogP contribution < -0.4 is 15.5 Å². The topological polar surface area (TPSA) is 118 Å². The number of benzene rings is 1. The molecule has 3 N–H and O–H groups in total. The summed E-state index contributed by atoms with van der Waals surface area (Å²) in [5, 5.41) is 28.2. The third-order valence-corrected chi connectivity index (χ3v) is 7.64. The number of aromatic hydroxyl groups is 1. The molecule has 0 aliphatic carbocycles. The Labute approximate surface area is 231 Å². The number of phenols is 1. The highest BCUT2D eigenvalue weighted by Crippen LogP contribution is 2.34. The van der Waals surface area contributed by atoms with Gasteiger partial charge in [-0.05, 0) is 56.5 Å². The first kappa shape index (κ1) is 27.1. The summed E-state index contributed by atoms with van der Waals surface area (Å²) in [5.41, 5.74) is 8.76. The Morgan fingerprint density at radius 2 is 1.93 bits per heavy atom. The van der Waals surface area contributed by atoms with Crippen molar-refractivity contribution in [2.75, 3.05) is 48.3 Å². The predicted molar refractivity (Wildman–Crippen MR) is 149 cm³/mol. The summed E-state index contributed by atoms with van der Waals surface area (Å²) < 4.78 is 26.9. The molecule has 0 spiro atoms. The summed E-state index contributed by atoms with van der Waals surface area (Å²) in [4.78, 5) is 10.6. The lowest BCUT2D eigenvalue weighted by Crippen LogP contribution is -2.63. The van der Waals surface area contributed by atoms with E-state index in [-0.39, 0.29) is 24.9 Å². The van der Waals surface area contributed by atoms with Crippen molar-refractivity contribution in [3.63, 3.8) is 0 Å². The quantitative estimate of drug-likeness (QED) is 0.476. The first-order valence-electron chi connectivity index (χ1n) is 13.1. The molecule has 4 heterocycles. The molecule has 0 amide bonds. The Kier molecular flexibility index (Phi) is 7.42. The third-order valence-electron chi connectivity index (χ3n) is 7.64. The lowest BCUT2D eigenvalue weighted by atomic mass is 10.0. The number of alkyl halides is 2. The number of nitriles is 1. The van der Waals surface area contributed by atoms with E-state index >= 15 is 0 Å². The Morgan fingerprint density at radius 1 is 1.12 bits per heavy atom. The minimum absolute atomic E-state index is 0.117. The van der Waals surface area contributed by atoms with E-state index in [0.29, 0.717) is 47.2 Å². The normalized spacial score (nSPS) is 20.6. The monoisotopic (exact) mass is 544 g/mol. The van der Waals surface area contributed by atoms with Gasteiger partial charge in [0.1, 0.15) is 23.3 Å². The highest BCUT2D eigenvalue weighted by molar-refractivity contribution is 5.74. The highest BCUT2D eigenvalue weighted by atomic mass is 19.3. The zero-order chi connectivity index (χ0) is 28.4. The number of nitrogen functional groups attached to an aromatic ring is 1. The van der Waals surface area contributed by atoms with E-state index in [1.807, 2.05) is 18.2 Å². The van der Waals surface area contributed by atoms with Crippen molar-refractivity contribution in [3.8, 4) is 34.9 Å². The van der Waals surface area contributed by atoms with Gasteiger partial charge in [-0.3, -0.25) is 4.90 Å². The fourth-order valence-corrected chi connectivity index (χ4v) is 5.01. The fourth-order valence-electron chi connectivity index (χ4n) is 5.01. The molecule has 0 unspecified atom stereocenters. The van der Waals surface area contributed by atoms with E-state index in [1.54, 1.807) is 29.2 Å². The smallest absolute Gasteiger partial charge is 0.275 e. The molecule has 2 aromatic heterocycles. The number of halogens is 2. The van der Waals surface area contributed by atoms with E-state index in [0.717, 1.165) is 18.7 Å². The fraction of sp³-hybridized carbons (Fsp3) is 0.379. The van der Waals surface area contributed by atoms with Gasteiger partial charge in [0, 0.05) is 31.2 Å². The van der Waals surface area contributed by atoms with Crippen molar-refractivity contribution in [1.29, 1.82) is 5.26 Å². The molecule has 40 heavy (non-hydrogen) atoms. The molecule has 1 aromatic carbocycles. The van der Waals surface area contributed by atoms with Crippen LogP contribution in [0.5, 0.6) is 5.75 Å². The minimum Gasteiger partial charge on any atom is -0.507 e. The first-order valence-corrected chi connectivity index (χ1v) is 13.1. The van der Waals surface area contributed by atoms with Crippen molar-refractivity contribution in [1.82, 2.24) is 20.1 Å². The summed E-state index contributed by atoms with van der Waals surface area (Å²) in [6.07, 6.45) is 0.803. The number of para-hydroxylation sites is 1. The van der Waals surface area contributed by atoms with Gasteiger partial charge in [-0.25, -0.2) is 13.8 Å². The maximum atomic E-state index is 13.5. The van der Waals surface area contributed by atoms with Gasteiger partial charge in [0.05, 0.1) is 36.1 Å². The van der Waals surface area contributed by atoms with Crippen LogP contribution in [0.3, 0.4) is 0 Å². The molecule has 2 aliphatic rings. The van der Waals surface area contributed by atoms with Crippen molar-refractivity contribution >= 4 is 17.3 Å². The van der Waals surface area contributed by atoms with E-state index in [1.165, 1.54) is 6.92 Å². The van der Waals surface area contributed by atoms with Crippen LogP contribution in [0.4, 0.5) is 26.1 Å². The summed E-state index contributed by atoms with van der Waals surface area (Å²) >= 11 is 0. The molecule has 5 rings (SSSR count). The Hall–Kier alpha value is -4.48. The summed E-state index contributed by atoms with van der Waals surface area (Å²) in [5.74, 6) is 4.28. The molecule has 2 fully saturated rings. The zero-order valence-electron chi connectivity index (χ0n) is 22.3. The Balaban J connectivity index is 1.34. The Morgan fingerprint density at radius 3 is 2.65 bits per heavy atom. The SMILES string of the molecule is C[C@@H]1CCN(c2cc(-c3ccccc3O)nnc2N)CCN1c1ccc(C#N)c(C#CCN2CC(F)(F)[C@H]2C)n1. The van der Waals surface area contributed by atoms with Gasteiger partial charge in [0.15, 0.2) is 5.82 Å². The van der Waals surface area contributed by atoms with Gasteiger partial charge in [-0.15, -0.1) is 10.2 Å². The second-order valence-corrected chi connectivity index (χ2v) is 10.2. The molecule has 11 heteroatoms. The highest BCUT2D eigenvalue weighted by Gasteiger charge is 2.51. The number of pyridine rings is 1. The molecule has 2 saturated heterocycles. The number of likely N-dealkylation sites (tertiary alicyclic amines) is 1. The van der Waals surface area contributed by atoms with Gasteiger partial charge < -0.3 is 20.6 Å². The number of phenolic OH excluding ortho intramolecular Hbond substituents is 1. The molecule has 206 valence electrons. The lowest BCUT2D eigenvalue weighted by Gasteiger charge is -2.44. The molecular formula is C29H30F2N8O. The Bertz CT molecular complexity index is 1510. The molecule has 9 nitrogen and oxygen atoms in total. The molecule has 0 radical (unpaired) electrons. The largest absolute Gasteiger partial charge is 0.507 e. The van der Waals surface area contributed by atoms with Crippen LogP contribution in [-0.2, 0) is 0 Å². The zero-order valence-corrected chi connectivity index (χ0v) is 22.3. The van der Waals surface area contributed by atoms with E-state index in [9.17, 15) is 19.1 Å². The van der Waals surface area contributed by atoms with Gasteiger partial charge in [0.2, 0.25) is 0 Å². The van der Waals surface area contributed by atoms with Crippen LogP contribution in [0.2, 0.25) is 0 Å². The molecule has 3 aromatic rings. The number of hydrogen-bond acceptors (Lipinski definition) is 9. The molecular weight excluding hydrogens is 514 g/mol. The van der Waals surface area contributed by atoms with E-state index in [4.69, 9.17) is 10.7 Å². The van der Waals surface area contributed by atoms with Crippen LogP contribution >= 0.6 is 0 Å². The summed E-state index contributed by atoms with van der Waals surface area (Å²) in [7, 11) is 0. The number of nitrogens with zero attached hydrogens (tertiary/aromatic N) is 7. The van der Waals surface area contributed by atoms with Crippen molar-refractivity contribution in [3.05, 3.63) is 53.7 Å². The van der Waals surface area contributed by atoms with Gasteiger partial charge in [-0.2, -0.15) is 5.26 Å². The summed E-state index contributed by atoms with van der Waals surface area (Å²) in [6.45, 7) is 5.44. The van der Waals surface area contributed by atoms with Crippen LogP contribution in [0.1, 0.15) is 31.5 Å². The number of aromatic nitrogens is 3. The van der Waals surface area contributed by atoms with Gasteiger partial charge in [-0.1, -0.05) is 18.1 Å². The van der Waals surface area contributed by atoms with Gasteiger partial charge >= 0.3 is 0 Å². The second-order valence-electron chi connectivity index (χ2n) is 10.2. The van der Waals surface area contributed by atoms with E-state index in [2.05, 4.69) is 44.8 Å². The van der Waals surface area contributed by atoms with Crippen LogP contribution in [0.15, 0.2) is 42.5 Å². The average Bonchev–Trinajstić information content (AvgIpc) is 3.14. The van der Waals surface area contributed by atoms with Crippen LogP contribution in [-0.4, -0.2) is 75.9 Å². The molecule has 2 aliphatic heterocycles. The maximum Gasteiger partial charge on any atom is 0.275 e. The third kappa shape index (κ3) is 5.33. The number of anilines is 3. The molecule has 0 saturated carbocycles. The van der Waals surface area contributed by atoms with Crippen LogP contribution in [0, 0.1) is 23.2 Å². The molecule has 0 bridgehead atoms. The van der Waals surface area contributed by atoms with Crippen molar-refractivity contribution < 1.29 is 13.9 Å². The van der Waals surface area contributed by atoms with Gasteiger partial charge in [0.25, 0.3) is 5.92 Å². The van der Waals surface area contributed by atoms with Crippen LogP contribution in [0.25, 0.3) is 11.3 Å². The lowest BCUT2D eigenvalue weighted by molar-refractivity contribution is -0.171. The second kappa shape index (κ2) is 10.9. The molecule has 2 atom stereocenters. The average molecular weight is 545 g/mol. The predicted octanol–water partition coefficient (Wildman–Crippen LogP) is 3.49. The van der Waals surface area contributed by atoms with E-state index < -0.39 is 12.0 Å². The number of hydrogen-bond donors (Lipinski definition) is 2. The first-order chi connectivity index (χ1) is 19.2. The maximum absolute atomic E-state index is 13.5. The standard InChI is InChI=1S/C29H30F2N8O/c1-19-11-13-37(25-16-24(35-36-28(25)33)22-6-3-4-8-26(22)40)14-15-39(19)27-10-9-21(17-32)23(34-27)7-5-12-38-18-29(30,31)20(38)2/h3-4,6,8-10,16,19-20,40H,11-15,18H2,1-2H3,(H2,33,36)/t19-,20-/m1/s1. The number of nitrogens with two attached hydrogens (primary N) is 1. The van der Waals surface area contributed by atoms with Crippen molar-refractivity contribution in [2.45, 2.75) is 38.3 Å². The minimum atomic E-state index is -2.68.